The molecule has 2 heterocycles. The van der Waals surface area contributed by atoms with Crippen LogP contribution in [0.4, 0.5) is 0 Å². The largest absolute Gasteiger partial charge is 0.490 e. The first-order chi connectivity index (χ1) is 28.4. The van der Waals surface area contributed by atoms with Crippen LogP contribution in [0.15, 0.2) is 103 Å². The van der Waals surface area contributed by atoms with Crippen LogP contribution in [0.5, 0.6) is 17.2 Å². The van der Waals surface area contributed by atoms with Crippen molar-refractivity contribution in [3.05, 3.63) is 159 Å². The Balaban J connectivity index is 1.33. The maximum Gasteiger partial charge on any atom is 0.343 e. The first kappa shape index (κ1) is 40.4. The molecule has 13 nitrogen and oxygen atoms in total. The number of ether oxygens (including phenoxy) is 7. The summed E-state index contributed by atoms with van der Waals surface area (Å²) in [5, 5.41) is 12.0. The third-order valence-corrected chi connectivity index (χ3v) is 10.3. The molecule has 1 saturated heterocycles. The Morgan fingerprint density at radius 2 is 1.12 bits per heavy atom. The molecule has 59 heavy (non-hydrogen) atoms. The fourth-order valence-electron chi connectivity index (χ4n) is 7.15. The van der Waals surface area contributed by atoms with Gasteiger partial charge in [0.25, 0.3) is 0 Å². The minimum atomic E-state index is -1.77. The number of fused-ring (bicyclic) bond motifs is 3. The van der Waals surface area contributed by atoms with Gasteiger partial charge in [-0.1, -0.05) is 72.8 Å². The highest BCUT2D eigenvalue weighted by molar-refractivity contribution is 5.99. The van der Waals surface area contributed by atoms with Crippen molar-refractivity contribution in [2.24, 2.45) is 0 Å². The van der Waals surface area contributed by atoms with Crippen molar-refractivity contribution in [2.75, 3.05) is 13.7 Å². The summed E-state index contributed by atoms with van der Waals surface area (Å²) in [5.41, 5.74) is 2.95. The Bertz CT molecular complexity index is 2470. The highest BCUT2D eigenvalue weighted by atomic mass is 16.6. The number of benzene rings is 5. The van der Waals surface area contributed by atoms with E-state index in [1.165, 1.54) is 13.2 Å². The van der Waals surface area contributed by atoms with Crippen LogP contribution < -0.4 is 14.2 Å². The number of rotatable bonds is 10. The predicted molar refractivity (Wildman–Crippen MR) is 210 cm³/mol. The highest BCUT2D eigenvalue weighted by Gasteiger charge is 2.55. The monoisotopic (exact) mass is 800 g/mol. The van der Waals surface area contributed by atoms with Crippen LogP contribution in [0.2, 0.25) is 0 Å². The van der Waals surface area contributed by atoms with Gasteiger partial charge in [0, 0.05) is 5.56 Å². The number of methoxy groups -OCH3 is 1. The zero-order valence-corrected chi connectivity index (χ0v) is 32.8. The van der Waals surface area contributed by atoms with Gasteiger partial charge < -0.3 is 38.3 Å². The van der Waals surface area contributed by atoms with Gasteiger partial charge in [0.05, 0.1) is 34.9 Å². The molecule has 302 valence electrons. The van der Waals surface area contributed by atoms with Gasteiger partial charge >= 0.3 is 29.8 Å². The molecule has 0 radical (unpaired) electrons. The number of esters is 5. The molecule has 0 amide bonds. The van der Waals surface area contributed by atoms with Crippen LogP contribution in [0.25, 0.3) is 0 Å². The van der Waals surface area contributed by atoms with Gasteiger partial charge in [0.2, 0.25) is 5.75 Å². The number of hydrogen-bond donors (Lipinski definition) is 1. The van der Waals surface area contributed by atoms with Crippen molar-refractivity contribution in [3.63, 3.8) is 0 Å². The second-order valence-electron chi connectivity index (χ2n) is 14.2. The average molecular weight is 801 g/mol. The molecule has 1 fully saturated rings. The number of aliphatic hydroxyl groups is 1. The van der Waals surface area contributed by atoms with E-state index in [2.05, 4.69) is 0 Å². The van der Waals surface area contributed by atoms with Crippen molar-refractivity contribution in [1.29, 1.82) is 0 Å². The summed E-state index contributed by atoms with van der Waals surface area (Å²) in [6.45, 7) is 6.34. The molecule has 0 aromatic heterocycles. The topological polar surface area (TPSA) is 170 Å². The van der Waals surface area contributed by atoms with Gasteiger partial charge in [-0.25, -0.2) is 24.0 Å². The maximum atomic E-state index is 14.0. The Labute approximate surface area is 339 Å². The molecule has 2 aliphatic rings. The minimum Gasteiger partial charge on any atom is -0.490 e. The first-order valence-electron chi connectivity index (χ1n) is 18.7. The molecule has 5 aromatic carbocycles. The molecule has 5 atom stereocenters. The standard InChI is InChI=1S/C46H40O13/c1-24-14-6-10-18-28(24)42(48)54-23-34-37(57-44(50)30-20-12-8-16-26(30)3)36(47)41-40(55-34)35-32(46(52)59-41)22-33(56-43(49)29-19-11-7-15-25(29)2)38(53-5)39(35)58-45(51)31-21-13-9-17-27(31)4/h6-22,34,36-37,40-41,47H,23H2,1-5H3/t34-,36+,37-,40+,41-/m1/s1. The third kappa shape index (κ3) is 8.02. The van der Waals surface area contributed by atoms with Crippen molar-refractivity contribution in [1.82, 2.24) is 0 Å². The number of carbonyl (C=O) groups is 5. The maximum absolute atomic E-state index is 14.0. The van der Waals surface area contributed by atoms with E-state index in [0.717, 1.165) is 0 Å². The number of aliphatic hydroxyl groups excluding tert-OH is 1. The molecular weight excluding hydrogens is 760 g/mol. The van der Waals surface area contributed by atoms with Crippen molar-refractivity contribution in [3.8, 4) is 17.2 Å². The average Bonchev–Trinajstić information content (AvgIpc) is 3.22. The van der Waals surface area contributed by atoms with E-state index in [0.29, 0.717) is 22.3 Å². The van der Waals surface area contributed by atoms with E-state index in [4.69, 9.17) is 33.2 Å². The van der Waals surface area contributed by atoms with Crippen LogP contribution in [-0.2, 0) is 18.9 Å². The number of hydrogen-bond acceptors (Lipinski definition) is 13. The molecule has 1 N–H and O–H groups in total. The SMILES string of the molecule is COc1c(OC(=O)c2ccccc2C)cc2c(c1OC(=O)c1ccccc1C)[C@@H]1O[C@H](COC(=O)c3ccccc3C)[C@@H](OC(=O)c3ccccc3C)[C@H](O)[C@H]1OC2=O. The number of carbonyl (C=O) groups excluding carboxylic acids is 5. The first-order valence-corrected chi connectivity index (χ1v) is 18.7. The summed E-state index contributed by atoms with van der Waals surface area (Å²) in [5.74, 6) is -5.09. The van der Waals surface area contributed by atoms with Gasteiger partial charge in [-0.3, -0.25) is 0 Å². The molecule has 13 heteroatoms. The Morgan fingerprint density at radius 3 is 1.63 bits per heavy atom. The lowest BCUT2D eigenvalue weighted by Gasteiger charge is -2.46. The zero-order chi connectivity index (χ0) is 42.0. The minimum absolute atomic E-state index is 0.0984. The molecule has 0 unspecified atom stereocenters. The van der Waals surface area contributed by atoms with Gasteiger partial charge in [0.1, 0.15) is 24.9 Å². The molecule has 0 aliphatic carbocycles. The van der Waals surface area contributed by atoms with Gasteiger partial charge in [-0.15, -0.1) is 0 Å². The lowest BCUT2D eigenvalue weighted by molar-refractivity contribution is -0.234. The summed E-state index contributed by atoms with van der Waals surface area (Å²) in [7, 11) is 1.25. The quantitative estimate of drug-likeness (QED) is 0.0891. The molecule has 5 aromatic rings. The summed E-state index contributed by atoms with van der Waals surface area (Å²) in [6.07, 6.45) is -7.69. The van der Waals surface area contributed by atoms with E-state index in [1.807, 2.05) is 0 Å². The Morgan fingerprint density at radius 1 is 0.644 bits per heavy atom. The number of aryl methyl sites for hydroxylation is 4. The molecule has 0 bridgehead atoms. The zero-order valence-electron chi connectivity index (χ0n) is 32.8. The normalized spacial score (nSPS) is 19.3. The third-order valence-electron chi connectivity index (χ3n) is 10.3. The lowest BCUT2D eigenvalue weighted by atomic mass is 9.85. The van der Waals surface area contributed by atoms with Crippen LogP contribution >= 0.6 is 0 Å². The summed E-state index contributed by atoms with van der Waals surface area (Å²) in [4.78, 5) is 68.4. The van der Waals surface area contributed by atoms with Crippen molar-refractivity contribution in [2.45, 2.75) is 58.2 Å². The Kier molecular flexibility index (Phi) is 11.6. The Hall–Kier alpha value is -6.83. The van der Waals surface area contributed by atoms with E-state index in [1.54, 1.807) is 125 Å². The fraction of sp³-hybridized carbons (Fsp3) is 0.239. The summed E-state index contributed by atoms with van der Waals surface area (Å²) < 4.78 is 41.5. The van der Waals surface area contributed by atoms with E-state index in [-0.39, 0.29) is 50.6 Å². The van der Waals surface area contributed by atoms with E-state index >= 15 is 0 Å². The molecule has 2 aliphatic heterocycles. The molecular formula is C46H40O13. The smallest absolute Gasteiger partial charge is 0.343 e. The van der Waals surface area contributed by atoms with Gasteiger partial charge in [0.15, 0.2) is 23.7 Å². The second kappa shape index (κ2) is 16.9. The highest BCUT2D eigenvalue weighted by Crippen LogP contribution is 2.52. The molecule has 0 saturated carbocycles. The van der Waals surface area contributed by atoms with Crippen molar-refractivity contribution < 1.29 is 62.2 Å². The van der Waals surface area contributed by atoms with Gasteiger partial charge in [-0.05, 0) is 80.3 Å². The van der Waals surface area contributed by atoms with Crippen molar-refractivity contribution >= 4 is 29.8 Å². The van der Waals surface area contributed by atoms with Crippen LogP contribution in [0, 0.1) is 27.7 Å². The summed E-state index contributed by atoms with van der Waals surface area (Å²) >= 11 is 0. The van der Waals surface area contributed by atoms with Crippen LogP contribution in [-0.4, -0.2) is 73.1 Å². The summed E-state index contributed by atoms with van der Waals surface area (Å²) in [6, 6.07) is 27.9. The molecule has 7 rings (SSSR count). The van der Waals surface area contributed by atoms with Gasteiger partial charge in [-0.2, -0.15) is 0 Å². The fourth-order valence-corrected chi connectivity index (χ4v) is 7.15. The van der Waals surface area contributed by atoms with Crippen LogP contribution in [0.1, 0.15) is 85.7 Å². The van der Waals surface area contributed by atoms with Crippen LogP contribution in [0.3, 0.4) is 0 Å². The van der Waals surface area contributed by atoms with E-state index in [9.17, 15) is 29.1 Å². The van der Waals surface area contributed by atoms with E-state index < -0.39 is 67.0 Å². The lowest BCUT2D eigenvalue weighted by Crippen LogP contribution is -2.59. The second-order valence-corrected chi connectivity index (χ2v) is 14.2. The molecule has 0 spiro atoms. The predicted octanol–water partition coefficient (Wildman–Crippen LogP) is 6.79.